The summed E-state index contributed by atoms with van der Waals surface area (Å²) in [6.07, 6.45) is 8.23. The van der Waals surface area contributed by atoms with E-state index in [1.807, 2.05) is 12.4 Å². The topological polar surface area (TPSA) is 91.9 Å². The molecule has 3 heterocycles. The number of carbonyl (C=O) groups excluding carboxylic acids is 1. The molecule has 1 saturated heterocycles. The lowest BCUT2D eigenvalue weighted by atomic mass is 9.99. The molecular formula is C14H19N5O2S. The lowest BCUT2D eigenvalue weighted by Crippen LogP contribution is -2.30. The highest BCUT2D eigenvalue weighted by atomic mass is 32.1. The molecule has 1 fully saturated rings. The zero-order valence-corrected chi connectivity index (χ0v) is 13.0. The Hall–Kier alpha value is -1.93. The molecule has 3 N–H and O–H groups in total. The van der Waals surface area contributed by atoms with Crippen LogP contribution in [0.5, 0.6) is 0 Å². The molecule has 0 bridgehead atoms. The van der Waals surface area contributed by atoms with Gasteiger partial charge in [-0.05, 0) is 30.7 Å². The molecule has 22 heavy (non-hydrogen) atoms. The van der Waals surface area contributed by atoms with E-state index in [2.05, 4.69) is 25.8 Å². The third-order valence-corrected chi connectivity index (χ3v) is 4.70. The number of rotatable bonds is 5. The van der Waals surface area contributed by atoms with E-state index < -0.39 is 0 Å². The van der Waals surface area contributed by atoms with Gasteiger partial charge in [-0.1, -0.05) is 0 Å². The van der Waals surface area contributed by atoms with Crippen molar-refractivity contribution in [2.24, 2.45) is 0 Å². The maximum absolute atomic E-state index is 11.8. The number of amides is 2. The molecule has 0 atom stereocenters. The third-order valence-electron chi connectivity index (χ3n) is 3.62. The number of hydrogen-bond donors (Lipinski definition) is 3. The van der Waals surface area contributed by atoms with Crippen molar-refractivity contribution in [3.63, 3.8) is 0 Å². The number of aromatic nitrogens is 3. The van der Waals surface area contributed by atoms with Gasteiger partial charge in [0.1, 0.15) is 0 Å². The average molecular weight is 321 g/mol. The minimum atomic E-state index is -0.226. The van der Waals surface area contributed by atoms with Gasteiger partial charge in [0.05, 0.1) is 6.20 Å². The fourth-order valence-corrected chi connectivity index (χ4v) is 3.37. The largest absolute Gasteiger partial charge is 0.381 e. The predicted octanol–water partition coefficient (Wildman–Crippen LogP) is 2.12. The maximum atomic E-state index is 11.8. The lowest BCUT2D eigenvalue weighted by Gasteiger charge is -2.20. The van der Waals surface area contributed by atoms with E-state index in [9.17, 15) is 4.79 Å². The minimum Gasteiger partial charge on any atom is -0.381 e. The number of carbonyl (C=O) groups is 1. The molecule has 2 amide bonds. The Morgan fingerprint density at radius 3 is 3.05 bits per heavy atom. The van der Waals surface area contributed by atoms with E-state index in [1.165, 1.54) is 4.88 Å². The summed E-state index contributed by atoms with van der Waals surface area (Å²) in [7, 11) is 0. The van der Waals surface area contributed by atoms with Crippen LogP contribution in [0.2, 0.25) is 0 Å². The number of nitrogens with one attached hydrogen (secondary N) is 3. The Morgan fingerprint density at radius 2 is 2.27 bits per heavy atom. The summed E-state index contributed by atoms with van der Waals surface area (Å²) in [5.74, 6) is 0.506. The van der Waals surface area contributed by atoms with Crippen molar-refractivity contribution in [2.75, 3.05) is 25.1 Å². The van der Waals surface area contributed by atoms with Crippen LogP contribution in [0.3, 0.4) is 0 Å². The van der Waals surface area contributed by atoms with Crippen molar-refractivity contribution >= 4 is 22.5 Å². The summed E-state index contributed by atoms with van der Waals surface area (Å²) >= 11 is 1.55. The summed E-state index contributed by atoms with van der Waals surface area (Å²) in [4.78, 5) is 17.3. The number of ether oxygens (including phenoxy) is 1. The minimum absolute atomic E-state index is 0.226. The predicted molar refractivity (Wildman–Crippen MR) is 84.2 cm³/mol. The van der Waals surface area contributed by atoms with E-state index in [4.69, 9.17) is 4.74 Å². The van der Waals surface area contributed by atoms with Crippen LogP contribution in [0.4, 0.5) is 9.93 Å². The van der Waals surface area contributed by atoms with Crippen molar-refractivity contribution in [1.82, 2.24) is 20.5 Å². The monoisotopic (exact) mass is 321 g/mol. The molecule has 0 unspecified atom stereocenters. The van der Waals surface area contributed by atoms with Gasteiger partial charge in [-0.25, -0.2) is 9.78 Å². The number of anilines is 1. The van der Waals surface area contributed by atoms with Crippen molar-refractivity contribution in [2.45, 2.75) is 25.2 Å². The van der Waals surface area contributed by atoms with Crippen LogP contribution < -0.4 is 10.6 Å². The highest BCUT2D eigenvalue weighted by Crippen LogP contribution is 2.32. The summed E-state index contributed by atoms with van der Waals surface area (Å²) in [6, 6.07) is -0.226. The molecule has 1 aliphatic rings. The molecule has 2 aromatic heterocycles. The standard InChI is InChI=1S/C14H19N5O2S/c20-13(15-4-1-10-7-17-18-8-10)19-14-16-9-12(22-14)11-2-5-21-6-3-11/h7-9,11H,1-6H2,(H,17,18)(H2,15,16,19,20). The second-order valence-corrected chi connectivity index (χ2v) is 6.25. The number of thiazole rings is 1. The van der Waals surface area contributed by atoms with E-state index in [0.29, 0.717) is 17.6 Å². The molecule has 0 spiro atoms. The van der Waals surface area contributed by atoms with Crippen LogP contribution in [-0.4, -0.2) is 41.0 Å². The highest BCUT2D eigenvalue weighted by Gasteiger charge is 2.18. The van der Waals surface area contributed by atoms with Crippen LogP contribution in [0.15, 0.2) is 18.6 Å². The molecule has 118 valence electrons. The molecule has 0 aromatic carbocycles. The number of aromatic amines is 1. The Bertz CT molecular complexity index is 592. The van der Waals surface area contributed by atoms with E-state index in [1.54, 1.807) is 17.5 Å². The van der Waals surface area contributed by atoms with E-state index >= 15 is 0 Å². The second-order valence-electron chi connectivity index (χ2n) is 5.19. The SMILES string of the molecule is O=C(NCCc1cn[nH]c1)Nc1ncc(C2CCOCC2)s1. The van der Waals surface area contributed by atoms with Gasteiger partial charge >= 0.3 is 6.03 Å². The average Bonchev–Trinajstić information content (AvgIpc) is 3.20. The lowest BCUT2D eigenvalue weighted by molar-refractivity contribution is 0.0860. The zero-order valence-electron chi connectivity index (χ0n) is 12.2. The molecule has 0 radical (unpaired) electrons. The van der Waals surface area contributed by atoms with Crippen LogP contribution in [0.1, 0.15) is 29.2 Å². The molecule has 0 saturated carbocycles. The van der Waals surface area contributed by atoms with Crippen molar-refractivity contribution in [3.8, 4) is 0 Å². The van der Waals surface area contributed by atoms with Crippen molar-refractivity contribution in [3.05, 3.63) is 29.0 Å². The number of urea groups is 1. The molecular weight excluding hydrogens is 302 g/mol. The number of nitrogens with zero attached hydrogens (tertiary/aromatic N) is 2. The van der Waals surface area contributed by atoms with Gasteiger partial charge < -0.3 is 10.1 Å². The smallest absolute Gasteiger partial charge is 0.321 e. The van der Waals surface area contributed by atoms with Gasteiger partial charge in [0.25, 0.3) is 0 Å². The number of H-pyrrole nitrogens is 1. The van der Waals surface area contributed by atoms with Crippen LogP contribution in [0.25, 0.3) is 0 Å². The first kappa shape index (κ1) is 15.0. The molecule has 2 aromatic rings. The fourth-order valence-electron chi connectivity index (χ4n) is 2.39. The maximum Gasteiger partial charge on any atom is 0.321 e. The van der Waals surface area contributed by atoms with Gasteiger partial charge in [-0.15, -0.1) is 11.3 Å². The van der Waals surface area contributed by atoms with Gasteiger partial charge in [-0.2, -0.15) is 5.10 Å². The van der Waals surface area contributed by atoms with E-state index in [-0.39, 0.29) is 6.03 Å². The Balaban J connectivity index is 1.44. The van der Waals surface area contributed by atoms with Gasteiger partial charge in [0.15, 0.2) is 5.13 Å². The summed E-state index contributed by atoms with van der Waals surface area (Å²) < 4.78 is 5.37. The highest BCUT2D eigenvalue weighted by molar-refractivity contribution is 7.15. The molecule has 3 rings (SSSR count). The van der Waals surface area contributed by atoms with Crippen molar-refractivity contribution in [1.29, 1.82) is 0 Å². The van der Waals surface area contributed by atoms with Gasteiger partial charge in [0.2, 0.25) is 0 Å². The number of hydrogen-bond acceptors (Lipinski definition) is 5. The van der Waals surface area contributed by atoms with Gasteiger partial charge in [-0.3, -0.25) is 10.4 Å². The summed E-state index contributed by atoms with van der Waals surface area (Å²) in [6.45, 7) is 2.17. The Labute approximate surface area is 132 Å². The van der Waals surface area contributed by atoms with Gasteiger partial charge in [0, 0.05) is 37.0 Å². The fraction of sp³-hybridized carbons (Fsp3) is 0.500. The normalized spacial score (nSPS) is 15.6. The third kappa shape index (κ3) is 4.05. The first-order valence-corrected chi connectivity index (χ1v) is 8.19. The van der Waals surface area contributed by atoms with E-state index in [0.717, 1.165) is 38.0 Å². The first-order chi connectivity index (χ1) is 10.8. The molecule has 1 aliphatic heterocycles. The van der Waals surface area contributed by atoms with Crippen LogP contribution in [-0.2, 0) is 11.2 Å². The Kier molecular flexibility index (Phi) is 5.02. The quantitative estimate of drug-likeness (QED) is 0.786. The zero-order chi connectivity index (χ0) is 15.2. The summed E-state index contributed by atoms with van der Waals surface area (Å²) in [5.41, 5.74) is 1.07. The second kappa shape index (κ2) is 7.37. The molecule has 7 nitrogen and oxygen atoms in total. The Morgan fingerprint density at radius 1 is 1.41 bits per heavy atom. The van der Waals surface area contributed by atoms with Crippen molar-refractivity contribution < 1.29 is 9.53 Å². The molecule has 8 heteroatoms. The molecule has 0 aliphatic carbocycles. The summed E-state index contributed by atoms with van der Waals surface area (Å²) in [5, 5.41) is 12.8. The van der Waals surface area contributed by atoms with Crippen LogP contribution >= 0.6 is 11.3 Å². The first-order valence-electron chi connectivity index (χ1n) is 7.37. The van der Waals surface area contributed by atoms with Crippen LogP contribution in [0, 0.1) is 0 Å².